The summed E-state index contributed by atoms with van der Waals surface area (Å²) in [6, 6.07) is 0. The van der Waals surface area contributed by atoms with Gasteiger partial charge in [-0.15, -0.1) is 0 Å². The zero-order valence-corrected chi connectivity index (χ0v) is 9.48. The van der Waals surface area contributed by atoms with Gasteiger partial charge < -0.3 is 5.32 Å². The Balaban J connectivity index is 1.93. The van der Waals surface area contributed by atoms with Gasteiger partial charge in [0.05, 0.1) is 0 Å². The van der Waals surface area contributed by atoms with E-state index in [0.29, 0.717) is 11.3 Å². The summed E-state index contributed by atoms with van der Waals surface area (Å²) in [5, 5.41) is 3.36. The van der Waals surface area contributed by atoms with Crippen LogP contribution in [0, 0.1) is 5.41 Å². The van der Waals surface area contributed by atoms with Crippen molar-refractivity contribution in [3.05, 3.63) is 0 Å². The van der Waals surface area contributed by atoms with Crippen molar-refractivity contribution in [1.82, 2.24) is 5.32 Å². The lowest BCUT2D eigenvalue weighted by Gasteiger charge is -2.45. The van der Waals surface area contributed by atoms with E-state index < -0.39 is 0 Å². The predicted octanol–water partition coefficient (Wildman–Crippen LogP) is 2.77. The second-order valence-electron chi connectivity index (χ2n) is 5.86. The first kappa shape index (κ1) is 9.68. The number of amides is 1. The molecule has 15 heavy (non-hydrogen) atoms. The van der Waals surface area contributed by atoms with Crippen LogP contribution < -0.4 is 5.32 Å². The summed E-state index contributed by atoms with van der Waals surface area (Å²) in [7, 11) is 0. The molecule has 1 saturated heterocycles. The molecule has 0 atom stereocenters. The van der Waals surface area contributed by atoms with Crippen molar-refractivity contribution in [2.24, 2.45) is 5.41 Å². The molecule has 84 valence electrons. The van der Waals surface area contributed by atoms with Crippen LogP contribution in [0.15, 0.2) is 0 Å². The summed E-state index contributed by atoms with van der Waals surface area (Å²) in [5.74, 6) is 0.332. The van der Waals surface area contributed by atoms with E-state index in [1.165, 1.54) is 57.8 Å². The third-order valence-corrected chi connectivity index (χ3v) is 5.16. The Labute approximate surface area is 91.8 Å². The largest absolute Gasteiger partial charge is 0.350 e. The van der Waals surface area contributed by atoms with E-state index in [9.17, 15) is 4.79 Å². The van der Waals surface area contributed by atoms with Crippen LogP contribution in [0.5, 0.6) is 0 Å². The molecule has 3 fully saturated rings. The Morgan fingerprint density at radius 2 is 1.47 bits per heavy atom. The molecule has 3 aliphatic rings. The maximum absolute atomic E-state index is 11.8. The van der Waals surface area contributed by atoms with E-state index in [1.54, 1.807) is 0 Å². The Morgan fingerprint density at radius 3 is 2.13 bits per heavy atom. The van der Waals surface area contributed by atoms with Crippen LogP contribution in [0.2, 0.25) is 0 Å². The molecule has 1 heterocycles. The van der Waals surface area contributed by atoms with E-state index in [2.05, 4.69) is 5.32 Å². The highest BCUT2D eigenvalue weighted by molar-refractivity contribution is 5.81. The molecule has 2 saturated carbocycles. The monoisotopic (exact) mass is 207 g/mol. The molecule has 0 aromatic carbocycles. The number of fused-ring (bicyclic) bond motifs is 1. The van der Waals surface area contributed by atoms with E-state index in [-0.39, 0.29) is 5.54 Å². The molecule has 1 aliphatic heterocycles. The zero-order valence-electron chi connectivity index (χ0n) is 9.48. The highest BCUT2D eigenvalue weighted by Crippen LogP contribution is 2.57. The molecule has 2 heteroatoms. The SMILES string of the molecule is O=C1CC2(CCCC2)C2(CCCCC2)N1. The quantitative estimate of drug-likeness (QED) is 0.650. The summed E-state index contributed by atoms with van der Waals surface area (Å²) in [5.41, 5.74) is 0.587. The van der Waals surface area contributed by atoms with Crippen molar-refractivity contribution in [2.75, 3.05) is 0 Å². The summed E-state index contributed by atoms with van der Waals surface area (Å²) < 4.78 is 0. The van der Waals surface area contributed by atoms with E-state index >= 15 is 0 Å². The van der Waals surface area contributed by atoms with E-state index in [1.807, 2.05) is 0 Å². The first-order valence-corrected chi connectivity index (χ1v) is 6.58. The fourth-order valence-corrected chi connectivity index (χ4v) is 4.44. The molecular weight excluding hydrogens is 186 g/mol. The van der Waals surface area contributed by atoms with Gasteiger partial charge in [0, 0.05) is 17.4 Å². The lowest BCUT2D eigenvalue weighted by molar-refractivity contribution is -0.120. The number of rotatable bonds is 0. The first-order valence-electron chi connectivity index (χ1n) is 6.58. The van der Waals surface area contributed by atoms with Gasteiger partial charge in [-0.05, 0) is 25.7 Å². The van der Waals surface area contributed by atoms with Gasteiger partial charge in [-0.25, -0.2) is 0 Å². The number of hydrogen-bond donors (Lipinski definition) is 1. The number of hydrogen-bond acceptors (Lipinski definition) is 1. The van der Waals surface area contributed by atoms with Crippen molar-refractivity contribution < 1.29 is 4.79 Å². The lowest BCUT2D eigenvalue weighted by atomic mass is 9.63. The van der Waals surface area contributed by atoms with Gasteiger partial charge in [0.25, 0.3) is 0 Å². The summed E-state index contributed by atoms with van der Waals surface area (Å²) in [6.07, 6.45) is 12.6. The Bertz CT molecular complexity index is 272. The van der Waals surface area contributed by atoms with Gasteiger partial charge in [0.1, 0.15) is 0 Å². The van der Waals surface area contributed by atoms with Gasteiger partial charge in [0.15, 0.2) is 0 Å². The fourth-order valence-electron chi connectivity index (χ4n) is 4.44. The molecule has 2 spiro atoms. The molecule has 1 amide bonds. The van der Waals surface area contributed by atoms with Crippen LogP contribution in [-0.4, -0.2) is 11.4 Å². The second kappa shape index (κ2) is 3.23. The Kier molecular flexibility index (Phi) is 2.08. The molecular formula is C13H21NO. The van der Waals surface area contributed by atoms with Gasteiger partial charge >= 0.3 is 0 Å². The average molecular weight is 207 g/mol. The van der Waals surface area contributed by atoms with Crippen molar-refractivity contribution >= 4 is 5.91 Å². The molecule has 0 radical (unpaired) electrons. The normalized spacial score (nSPS) is 32.4. The number of carbonyl (C=O) groups is 1. The van der Waals surface area contributed by atoms with Gasteiger partial charge in [0.2, 0.25) is 5.91 Å². The molecule has 3 rings (SSSR count). The first-order chi connectivity index (χ1) is 7.27. The van der Waals surface area contributed by atoms with Crippen LogP contribution in [-0.2, 0) is 4.79 Å². The summed E-state index contributed by atoms with van der Waals surface area (Å²) in [4.78, 5) is 11.8. The minimum atomic E-state index is 0.221. The zero-order chi connectivity index (χ0) is 10.4. The fraction of sp³-hybridized carbons (Fsp3) is 0.923. The molecule has 0 aromatic rings. The van der Waals surface area contributed by atoms with Crippen LogP contribution in [0.25, 0.3) is 0 Å². The molecule has 0 unspecified atom stereocenters. The van der Waals surface area contributed by atoms with Gasteiger partial charge in [-0.3, -0.25) is 4.79 Å². The molecule has 1 N–H and O–H groups in total. The van der Waals surface area contributed by atoms with Crippen LogP contribution >= 0.6 is 0 Å². The smallest absolute Gasteiger partial charge is 0.221 e. The molecule has 0 aromatic heterocycles. The highest BCUT2D eigenvalue weighted by Gasteiger charge is 2.58. The van der Waals surface area contributed by atoms with Crippen molar-refractivity contribution in [3.63, 3.8) is 0 Å². The lowest BCUT2D eigenvalue weighted by Crippen LogP contribution is -2.52. The van der Waals surface area contributed by atoms with Gasteiger partial charge in [-0.2, -0.15) is 0 Å². The minimum absolute atomic E-state index is 0.221. The number of carbonyl (C=O) groups excluding carboxylic acids is 1. The average Bonchev–Trinajstić information content (AvgIpc) is 2.77. The van der Waals surface area contributed by atoms with Crippen LogP contribution in [0.4, 0.5) is 0 Å². The maximum Gasteiger partial charge on any atom is 0.221 e. The van der Waals surface area contributed by atoms with Crippen molar-refractivity contribution in [1.29, 1.82) is 0 Å². The predicted molar refractivity (Wildman–Crippen MR) is 59.5 cm³/mol. The molecule has 2 nitrogen and oxygen atoms in total. The van der Waals surface area contributed by atoms with Crippen molar-refractivity contribution in [2.45, 2.75) is 69.7 Å². The Morgan fingerprint density at radius 1 is 0.867 bits per heavy atom. The summed E-state index contributed by atoms with van der Waals surface area (Å²) in [6.45, 7) is 0. The second-order valence-corrected chi connectivity index (χ2v) is 5.86. The van der Waals surface area contributed by atoms with E-state index in [0.717, 1.165) is 6.42 Å². The van der Waals surface area contributed by atoms with Crippen LogP contribution in [0.3, 0.4) is 0 Å². The molecule has 2 aliphatic carbocycles. The topological polar surface area (TPSA) is 29.1 Å². The standard InChI is InChI=1S/C13H21NO/c15-11-10-12(6-4-5-7-12)13(14-11)8-2-1-3-9-13/h1-10H2,(H,14,15). The third kappa shape index (κ3) is 1.26. The minimum Gasteiger partial charge on any atom is -0.350 e. The van der Waals surface area contributed by atoms with Crippen LogP contribution in [0.1, 0.15) is 64.2 Å². The number of nitrogens with one attached hydrogen (secondary N) is 1. The summed E-state index contributed by atoms with van der Waals surface area (Å²) >= 11 is 0. The van der Waals surface area contributed by atoms with E-state index in [4.69, 9.17) is 0 Å². The van der Waals surface area contributed by atoms with Gasteiger partial charge in [-0.1, -0.05) is 32.1 Å². The molecule has 0 bridgehead atoms. The maximum atomic E-state index is 11.8. The highest BCUT2D eigenvalue weighted by atomic mass is 16.2. The third-order valence-electron chi connectivity index (χ3n) is 5.16. The van der Waals surface area contributed by atoms with Crippen molar-refractivity contribution in [3.8, 4) is 0 Å². The Hall–Kier alpha value is -0.530.